The van der Waals surface area contributed by atoms with Crippen LogP contribution >= 0.6 is 11.6 Å². The fourth-order valence-electron chi connectivity index (χ4n) is 1.60. The van der Waals surface area contributed by atoms with Crippen molar-refractivity contribution in [1.29, 1.82) is 0 Å². The summed E-state index contributed by atoms with van der Waals surface area (Å²) in [7, 11) is 0. The molecule has 0 bridgehead atoms. The van der Waals surface area contributed by atoms with Gasteiger partial charge in [0.2, 0.25) is 0 Å². The molecule has 17 heavy (non-hydrogen) atoms. The molecule has 6 heteroatoms. The molecule has 0 aliphatic carbocycles. The largest absolute Gasteiger partial charge is 0.444 e. The fourth-order valence-corrected chi connectivity index (χ4v) is 1.77. The van der Waals surface area contributed by atoms with Crippen LogP contribution < -0.4 is 0 Å². The van der Waals surface area contributed by atoms with Gasteiger partial charge in [-0.25, -0.2) is 4.79 Å². The van der Waals surface area contributed by atoms with Gasteiger partial charge in [-0.15, -0.1) is 5.10 Å². The molecular weight excluding hydrogens is 242 g/mol. The summed E-state index contributed by atoms with van der Waals surface area (Å²) in [5.74, 6) is 0. The van der Waals surface area contributed by atoms with Gasteiger partial charge in [-0.1, -0.05) is 11.6 Å². The molecule has 0 radical (unpaired) electrons. The van der Waals surface area contributed by atoms with Crippen molar-refractivity contribution in [3.63, 3.8) is 0 Å². The highest BCUT2D eigenvalue weighted by atomic mass is 35.5. The van der Waals surface area contributed by atoms with Crippen LogP contribution in [0.25, 0.3) is 0 Å². The van der Waals surface area contributed by atoms with E-state index in [1.54, 1.807) is 11.0 Å². The Morgan fingerprint density at radius 2 is 2.12 bits per heavy atom. The maximum Gasteiger partial charge on any atom is 0.410 e. The maximum absolute atomic E-state index is 11.8. The number of hydrogen-bond donors (Lipinski definition) is 0. The van der Waals surface area contributed by atoms with Gasteiger partial charge in [0.1, 0.15) is 5.60 Å². The van der Waals surface area contributed by atoms with Gasteiger partial charge in [0, 0.05) is 0 Å². The van der Waals surface area contributed by atoms with Gasteiger partial charge >= 0.3 is 6.09 Å². The summed E-state index contributed by atoms with van der Waals surface area (Å²) in [5, 5.41) is 8.05. The van der Waals surface area contributed by atoms with E-state index in [0.717, 1.165) is 11.3 Å². The Morgan fingerprint density at radius 1 is 1.41 bits per heavy atom. The molecule has 1 aromatic heterocycles. The summed E-state index contributed by atoms with van der Waals surface area (Å²) < 4.78 is 5.29. The van der Waals surface area contributed by atoms with E-state index in [4.69, 9.17) is 16.3 Å². The Kier molecular flexibility index (Phi) is 2.95. The first kappa shape index (κ1) is 12.1. The van der Waals surface area contributed by atoms with E-state index in [0.29, 0.717) is 18.2 Å². The molecule has 1 amide bonds. The number of fused-ring (bicyclic) bond motifs is 1. The van der Waals surface area contributed by atoms with Gasteiger partial charge in [0.05, 0.1) is 18.8 Å². The van der Waals surface area contributed by atoms with Gasteiger partial charge in [-0.05, 0) is 32.4 Å². The molecule has 0 saturated heterocycles. The van der Waals surface area contributed by atoms with E-state index in [9.17, 15) is 4.79 Å². The molecular formula is C11H14ClN3O2. The van der Waals surface area contributed by atoms with Gasteiger partial charge in [0.15, 0.2) is 5.15 Å². The lowest BCUT2D eigenvalue weighted by Gasteiger charge is -2.23. The summed E-state index contributed by atoms with van der Waals surface area (Å²) in [6, 6.07) is 1.73. The minimum Gasteiger partial charge on any atom is -0.444 e. The summed E-state index contributed by atoms with van der Waals surface area (Å²) >= 11 is 5.75. The van der Waals surface area contributed by atoms with Gasteiger partial charge in [-0.3, -0.25) is 4.90 Å². The normalized spacial score (nSPS) is 14.7. The van der Waals surface area contributed by atoms with Gasteiger partial charge < -0.3 is 4.74 Å². The van der Waals surface area contributed by atoms with Crippen molar-refractivity contribution in [1.82, 2.24) is 15.1 Å². The molecule has 0 unspecified atom stereocenters. The highest BCUT2D eigenvalue weighted by molar-refractivity contribution is 6.29. The molecule has 2 rings (SSSR count). The topological polar surface area (TPSA) is 55.3 Å². The monoisotopic (exact) mass is 255 g/mol. The van der Waals surface area contributed by atoms with Crippen LogP contribution in [0.4, 0.5) is 4.79 Å². The quantitative estimate of drug-likeness (QED) is 0.714. The van der Waals surface area contributed by atoms with Crippen molar-refractivity contribution in [3.05, 3.63) is 22.5 Å². The van der Waals surface area contributed by atoms with Crippen molar-refractivity contribution >= 4 is 17.7 Å². The van der Waals surface area contributed by atoms with Crippen LogP contribution in [0.3, 0.4) is 0 Å². The number of ether oxygens (including phenoxy) is 1. The number of aromatic nitrogens is 2. The third-order valence-corrected chi connectivity index (χ3v) is 2.47. The first-order valence-electron chi connectivity index (χ1n) is 5.34. The Labute approximate surface area is 105 Å². The average molecular weight is 256 g/mol. The summed E-state index contributed by atoms with van der Waals surface area (Å²) in [6.07, 6.45) is -0.341. The van der Waals surface area contributed by atoms with Crippen LogP contribution in [0.1, 0.15) is 32.0 Å². The Bertz CT molecular complexity index is 457. The number of halogens is 1. The van der Waals surface area contributed by atoms with Crippen molar-refractivity contribution in [3.8, 4) is 0 Å². The number of carbonyl (C=O) groups is 1. The second-order valence-corrected chi connectivity index (χ2v) is 5.36. The third kappa shape index (κ3) is 2.85. The molecule has 1 aliphatic heterocycles. The lowest BCUT2D eigenvalue weighted by atomic mass is 10.2. The summed E-state index contributed by atoms with van der Waals surface area (Å²) in [6.45, 7) is 6.41. The number of hydrogen-bond acceptors (Lipinski definition) is 4. The molecule has 1 aliphatic rings. The molecule has 0 saturated carbocycles. The molecule has 0 N–H and O–H groups in total. The van der Waals surface area contributed by atoms with Gasteiger partial charge in [0.25, 0.3) is 0 Å². The molecule has 0 aromatic carbocycles. The van der Waals surface area contributed by atoms with Crippen molar-refractivity contribution < 1.29 is 9.53 Å². The van der Waals surface area contributed by atoms with E-state index in [-0.39, 0.29) is 6.09 Å². The smallest absolute Gasteiger partial charge is 0.410 e. The van der Waals surface area contributed by atoms with Crippen molar-refractivity contribution in [2.24, 2.45) is 0 Å². The van der Waals surface area contributed by atoms with Crippen molar-refractivity contribution in [2.45, 2.75) is 39.5 Å². The standard InChI is InChI=1S/C11H14ClN3O2/c1-11(2,3)17-10(16)15-5-7-4-9(12)14-13-8(7)6-15/h4H,5-6H2,1-3H3. The lowest BCUT2D eigenvalue weighted by molar-refractivity contribution is 0.0240. The first-order chi connectivity index (χ1) is 7.85. The summed E-state index contributed by atoms with van der Waals surface area (Å²) in [4.78, 5) is 13.4. The zero-order valence-electron chi connectivity index (χ0n) is 10.0. The van der Waals surface area contributed by atoms with E-state index >= 15 is 0 Å². The molecule has 2 heterocycles. The molecule has 5 nitrogen and oxygen atoms in total. The average Bonchev–Trinajstić information content (AvgIpc) is 2.57. The second kappa shape index (κ2) is 4.14. The minimum absolute atomic E-state index is 0.341. The Balaban J connectivity index is 2.07. The fraction of sp³-hybridized carbons (Fsp3) is 0.545. The van der Waals surface area contributed by atoms with Crippen LogP contribution in [0.5, 0.6) is 0 Å². The molecule has 1 aromatic rings. The number of rotatable bonds is 0. The lowest BCUT2D eigenvalue weighted by Crippen LogP contribution is -2.33. The van der Waals surface area contributed by atoms with E-state index in [1.165, 1.54) is 0 Å². The molecule has 92 valence electrons. The van der Waals surface area contributed by atoms with Crippen LogP contribution in [0, 0.1) is 0 Å². The van der Waals surface area contributed by atoms with Gasteiger partial charge in [-0.2, -0.15) is 5.10 Å². The highest BCUT2D eigenvalue weighted by Crippen LogP contribution is 2.23. The van der Waals surface area contributed by atoms with Crippen LogP contribution in [-0.4, -0.2) is 26.8 Å². The number of nitrogens with zero attached hydrogens (tertiary/aromatic N) is 3. The number of carbonyl (C=O) groups excluding carboxylic acids is 1. The second-order valence-electron chi connectivity index (χ2n) is 4.98. The molecule has 0 fully saturated rings. The zero-order valence-corrected chi connectivity index (χ0v) is 10.8. The number of amides is 1. The minimum atomic E-state index is -0.491. The highest BCUT2D eigenvalue weighted by Gasteiger charge is 2.28. The van der Waals surface area contributed by atoms with E-state index in [2.05, 4.69) is 10.2 Å². The van der Waals surface area contributed by atoms with Crippen LogP contribution in [-0.2, 0) is 17.8 Å². The zero-order chi connectivity index (χ0) is 12.6. The predicted molar refractivity (Wildman–Crippen MR) is 62.5 cm³/mol. The Hall–Kier alpha value is -1.36. The van der Waals surface area contributed by atoms with Crippen LogP contribution in [0.2, 0.25) is 5.15 Å². The van der Waals surface area contributed by atoms with E-state index < -0.39 is 5.60 Å². The third-order valence-electron chi connectivity index (χ3n) is 2.28. The summed E-state index contributed by atoms with van der Waals surface area (Å²) in [5.41, 5.74) is 1.21. The Morgan fingerprint density at radius 3 is 2.76 bits per heavy atom. The van der Waals surface area contributed by atoms with Crippen molar-refractivity contribution in [2.75, 3.05) is 0 Å². The first-order valence-corrected chi connectivity index (χ1v) is 5.72. The molecule has 0 atom stereocenters. The van der Waals surface area contributed by atoms with Crippen LogP contribution in [0.15, 0.2) is 6.07 Å². The van der Waals surface area contributed by atoms with E-state index in [1.807, 2.05) is 20.8 Å². The maximum atomic E-state index is 11.8. The SMILES string of the molecule is CC(C)(C)OC(=O)N1Cc2cc(Cl)nnc2C1. The predicted octanol–water partition coefficient (Wildman–Crippen LogP) is 2.38. The molecule has 0 spiro atoms.